The van der Waals surface area contributed by atoms with E-state index in [0.29, 0.717) is 37.5 Å². The van der Waals surface area contributed by atoms with Gasteiger partial charge in [0.15, 0.2) is 0 Å². The van der Waals surface area contributed by atoms with Crippen LogP contribution in [0.4, 0.5) is 13.2 Å². The van der Waals surface area contributed by atoms with E-state index in [1.165, 1.54) is 24.6 Å². The number of aliphatic hydroxyl groups is 1. The fraction of sp³-hybridized carbons (Fsp3) is 0.696. The number of piperazine rings is 1. The Kier molecular flexibility index (Phi) is 6.49. The van der Waals surface area contributed by atoms with Crippen LogP contribution in [0.15, 0.2) is 24.3 Å². The highest BCUT2D eigenvalue weighted by molar-refractivity contribution is 5.85. The molecule has 0 bridgehead atoms. The molecule has 0 spiro atoms. The van der Waals surface area contributed by atoms with Gasteiger partial charge >= 0.3 is 6.36 Å². The Morgan fingerprint density at radius 1 is 1.10 bits per heavy atom. The molecule has 2 heterocycles. The molecular formula is C23H31F3N2O3. The van der Waals surface area contributed by atoms with Gasteiger partial charge in [-0.2, -0.15) is 0 Å². The highest BCUT2D eigenvalue weighted by Gasteiger charge is 2.46. The number of halogens is 3. The van der Waals surface area contributed by atoms with Gasteiger partial charge in [-0.05, 0) is 49.9 Å². The average molecular weight is 441 g/mol. The summed E-state index contributed by atoms with van der Waals surface area (Å²) in [5.41, 5.74) is -0.863. The largest absolute Gasteiger partial charge is 0.573 e. The maximum Gasteiger partial charge on any atom is 0.573 e. The van der Waals surface area contributed by atoms with Crippen LogP contribution in [-0.2, 0) is 4.79 Å². The molecule has 5 nitrogen and oxygen atoms in total. The Labute approximate surface area is 181 Å². The summed E-state index contributed by atoms with van der Waals surface area (Å²) in [6, 6.07) is 5.91. The van der Waals surface area contributed by atoms with Crippen LogP contribution in [0, 0.1) is 0 Å². The molecule has 3 fully saturated rings. The van der Waals surface area contributed by atoms with Crippen molar-refractivity contribution in [2.24, 2.45) is 0 Å². The lowest BCUT2D eigenvalue weighted by molar-refractivity contribution is -0.274. The number of amides is 1. The molecule has 2 unspecified atom stereocenters. The van der Waals surface area contributed by atoms with Crippen LogP contribution in [0.5, 0.6) is 5.75 Å². The van der Waals surface area contributed by atoms with E-state index < -0.39 is 17.9 Å². The van der Waals surface area contributed by atoms with Crippen molar-refractivity contribution >= 4 is 5.91 Å². The third kappa shape index (κ3) is 5.17. The number of hydrogen-bond donors (Lipinski definition) is 1. The molecule has 31 heavy (non-hydrogen) atoms. The number of carbonyl (C=O) groups excluding carboxylic acids is 1. The number of piperidine rings is 1. The van der Waals surface area contributed by atoms with Crippen molar-refractivity contribution in [1.29, 1.82) is 0 Å². The Morgan fingerprint density at radius 2 is 1.87 bits per heavy atom. The van der Waals surface area contributed by atoms with Gasteiger partial charge in [0, 0.05) is 25.7 Å². The number of rotatable bonds is 4. The molecule has 3 aliphatic rings. The maximum atomic E-state index is 13.8. The van der Waals surface area contributed by atoms with Gasteiger partial charge in [-0.3, -0.25) is 9.69 Å². The summed E-state index contributed by atoms with van der Waals surface area (Å²) < 4.78 is 42.4. The quantitative estimate of drug-likeness (QED) is 0.767. The zero-order valence-corrected chi connectivity index (χ0v) is 17.7. The van der Waals surface area contributed by atoms with Crippen LogP contribution in [0.2, 0.25) is 0 Å². The lowest BCUT2D eigenvalue weighted by Gasteiger charge is -2.47. The van der Waals surface area contributed by atoms with Crippen molar-refractivity contribution in [3.63, 3.8) is 0 Å². The van der Waals surface area contributed by atoms with Gasteiger partial charge in [-0.25, -0.2) is 0 Å². The zero-order chi connectivity index (χ0) is 22.1. The Balaban J connectivity index is 1.62. The van der Waals surface area contributed by atoms with Gasteiger partial charge in [0.05, 0.1) is 11.5 Å². The summed E-state index contributed by atoms with van der Waals surface area (Å²) in [5.74, 6) is -1.43. The van der Waals surface area contributed by atoms with E-state index in [-0.39, 0.29) is 11.7 Å². The van der Waals surface area contributed by atoms with Crippen LogP contribution < -0.4 is 4.74 Å². The molecule has 1 aromatic carbocycles. The van der Waals surface area contributed by atoms with E-state index >= 15 is 0 Å². The molecule has 1 N–H and O–H groups in total. The first-order chi connectivity index (χ1) is 14.8. The van der Waals surface area contributed by atoms with Crippen molar-refractivity contribution in [2.45, 2.75) is 75.3 Å². The van der Waals surface area contributed by atoms with E-state index in [9.17, 15) is 23.1 Å². The highest BCUT2D eigenvalue weighted by atomic mass is 19.4. The Hall–Kier alpha value is -1.80. The second-order valence-electron chi connectivity index (χ2n) is 9.19. The monoisotopic (exact) mass is 440 g/mol. The summed E-state index contributed by atoms with van der Waals surface area (Å²) in [6.07, 6.45) is 2.09. The van der Waals surface area contributed by atoms with Crippen LogP contribution in [0.3, 0.4) is 0 Å². The second-order valence-corrected chi connectivity index (χ2v) is 9.19. The normalized spacial score (nSPS) is 25.5. The van der Waals surface area contributed by atoms with Gasteiger partial charge in [0.2, 0.25) is 5.91 Å². The molecule has 0 radical (unpaired) electrons. The molecule has 172 valence electrons. The van der Waals surface area contributed by atoms with Crippen molar-refractivity contribution in [1.82, 2.24) is 9.80 Å². The molecule has 0 aromatic heterocycles. The van der Waals surface area contributed by atoms with Gasteiger partial charge in [0.1, 0.15) is 5.75 Å². The third-order valence-corrected chi connectivity index (χ3v) is 7.08. The highest BCUT2D eigenvalue weighted by Crippen LogP contribution is 2.42. The maximum absolute atomic E-state index is 13.8. The minimum absolute atomic E-state index is 0.182. The van der Waals surface area contributed by atoms with Crippen LogP contribution in [0.1, 0.15) is 62.8 Å². The summed E-state index contributed by atoms with van der Waals surface area (Å²) in [4.78, 5) is 18.0. The van der Waals surface area contributed by atoms with Crippen molar-refractivity contribution in [2.75, 3.05) is 26.2 Å². The second kappa shape index (κ2) is 8.98. The third-order valence-electron chi connectivity index (χ3n) is 7.08. The van der Waals surface area contributed by atoms with Crippen LogP contribution >= 0.6 is 0 Å². The van der Waals surface area contributed by atoms with E-state index in [1.807, 2.05) is 4.90 Å². The van der Waals surface area contributed by atoms with Gasteiger partial charge in [0.25, 0.3) is 0 Å². The number of ether oxygens (including phenoxy) is 1. The number of alkyl halides is 3. The van der Waals surface area contributed by atoms with E-state index in [1.54, 1.807) is 6.07 Å². The number of benzene rings is 1. The molecular weight excluding hydrogens is 409 g/mol. The zero-order valence-electron chi connectivity index (χ0n) is 17.7. The smallest absolute Gasteiger partial charge is 0.406 e. The van der Waals surface area contributed by atoms with Crippen LogP contribution in [0.25, 0.3) is 0 Å². The predicted octanol–water partition coefficient (Wildman–Crippen LogP) is 4.06. The molecule has 2 aliphatic heterocycles. The van der Waals surface area contributed by atoms with Gasteiger partial charge in [-0.15, -0.1) is 13.2 Å². The Morgan fingerprint density at radius 3 is 2.61 bits per heavy atom. The van der Waals surface area contributed by atoms with Crippen LogP contribution in [-0.4, -0.2) is 65.0 Å². The van der Waals surface area contributed by atoms with E-state index in [0.717, 1.165) is 45.2 Å². The molecule has 1 aromatic rings. The Bertz CT molecular complexity index is 780. The number of carbonyl (C=O) groups is 1. The van der Waals surface area contributed by atoms with Gasteiger partial charge < -0.3 is 14.7 Å². The summed E-state index contributed by atoms with van der Waals surface area (Å²) in [7, 11) is 0. The standard InChI is InChI=1S/C23H31F3N2O3/c24-23(25,26)31-19-9-6-7-17(15-19)20(22(30)10-3-1-4-11-22)21(29)28-14-13-27-12-5-2-8-18(27)16-28/h6-7,9,15,18,20,30H,1-5,8,10-14,16H2. The molecule has 2 atom stereocenters. The minimum Gasteiger partial charge on any atom is -0.406 e. The molecule has 1 saturated carbocycles. The first kappa shape index (κ1) is 22.4. The summed E-state index contributed by atoms with van der Waals surface area (Å²) in [6.45, 7) is 3.06. The number of hydrogen-bond acceptors (Lipinski definition) is 4. The first-order valence-electron chi connectivity index (χ1n) is 11.4. The van der Waals surface area contributed by atoms with Crippen molar-refractivity contribution in [3.8, 4) is 5.75 Å². The predicted molar refractivity (Wildman–Crippen MR) is 110 cm³/mol. The molecule has 1 amide bonds. The van der Waals surface area contributed by atoms with Crippen molar-refractivity contribution in [3.05, 3.63) is 29.8 Å². The van der Waals surface area contributed by atoms with Crippen molar-refractivity contribution < 1.29 is 27.8 Å². The lowest BCUT2D eigenvalue weighted by Crippen LogP contribution is -2.58. The molecule has 2 saturated heterocycles. The fourth-order valence-corrected chi connectivity index (χ4v) is 5.57. The van der Waals surface area contributed by atoms with Gasteiger partial charge in [-0.1, -0.05) is 37.8 Å². The minimum atomic E-state index is -4.81. The van der Waals surface area contributed by atoms with E-state index in [4.69, 9.17) is 0 Å². The average Bonchev–Trinajstić information content (AvgIpc) is 2.73. The first-order valence-corrected chi connectivity index (χ1v) is 11.4. The lowest BCUT2D eigenvalue weighted by atomic mass is 9.72. The SMILES string of the molecule is O=C(C(c1cccc(OC(F)(F)F)c1)C1(O)CCCCC1)N1CCN2CCCCC2C1. The number of nitrogens with zero attached hydrogens (tertiary/aromatic N) is 2. The summed E-state index contributed by atoms with van der Waals surface area (Å²) >= 11 is 0. The summed E-state index contributed by atoms with van der Waals surface area (Å²) in [5, 5.41) is 11.5. The molecule has 8 heteroatoms. The molecule has 1 aliphatic carbocycles. The van der Waals surface area contributed by atoms with E-state index in [2.05, 4.69) is 9.64 Å². The topological polar surface area (TPSA) is 53.0 Å². The number of fused-ring (bicyclic) bond motifs is 1. The molecule has 4 rings (SSSR count). The fourth-order valence-electron chi connectivity index (χ4n) is 5.57.